The van der Waals surface area contributed by atoms with Crippen molar-refractivity contribution in [2.75, 3.05) is 7.05 Å². The van der Waals surface area contributed by atoms with E-state index in [4.69, 9.17) is 10.2 Å². The van der Waals surface area contributed by atoms with Crippen LogP contribution in [0.3, 0.4) is 0 Å². The number of carbonyl (C=O) groups excluding carboxylic acids is 5. The second-order valence-electron chi connectivity index (χ2n) is 10.6. The number of hydrogen-bond donors (Lipinski definition) is 2. The Morgan fingerprint density at radius 1 is 1.02 bits per heavy atom. The van der Waals surface area contributed by atoms with Crippen LogP contribution in [0, 0.1) is 11.6 Å². The van der Waals surface area contributed by atoms with Gasteiger partial charge in [0.1, 0.15) is 29.0 Å². The molecule has 0 radical (unpaired) electrons. The lowest BCUT2D eigenvalue weighted by molar-refractivity contribution is -0.136. The van der Waals surface area contributed by atoms with Gasteiger partial charge >= 0.3 is 0 Å². The minimum atomic E-state index is -1.18. The molecule has 1 saturated heterocycles. The van der Waals surface area contributed by atoms with E-state index >= 15 is 4.39 Å². The molecule has 0 spiro atoms. The van der Waals surface area contributed by atoms with Crippen LogP contribution in [0.2, 0.25) is 0 Å². The van der Waals surface area contributed by atoms with Gasteiger partial charge in [0.05, 0.1) is 16.7 Å². The van der Waals surface area contributed by atoms with Gasteiger partial charge in [-0.2, -0.15) is 0 Å². The molecule has 5 amide bonds. The second-order valence-corrected chi connectivity index (χ2v) is 10.6. The number of furan rings is 1. The predicted octanol–water partition coefficient (Wildman–Crippen LogP) is 3.51. The molecule has 1 fully saturated rings. The summed E-state index contributed by atoms with van der Waals surface area (Å²) in [5.41, 5.74) is 6.77. The molecule has 3 N–H and O–H groups in total. The molecule has 4 aromatic rings. The Morgan fingerprint density at radius 3 is 2.47 bits per heavy atom. The molecular weight excluding hydrogens is 562 g/mol. The molecule has 2 aliphatic heterocycles. The fourth-order valence-corrected chi connectivity index (χ4v) is 5.56. The van der Waals surface area contributed by atoms with Crippen molar-refractivity contribution >= 4 is 40.5 Å². The minimum absolute atomic E-state index is 0.0184. The first-order valence-electron chi connectivity index (χ1n) is 13.4. The third kappa shape index (κ3) is 4.95. The van der Waals surface area contributed by atoms with E-state index in [1.807, 2.05) is 17.0 Å². The van der Waals surface area contributed by atoms with Crippen molar-refractivity contribution in [2.45, 2.75) is 32.0 Å². The van der Waals surface area contributed by atoms with E-state index in [9.17, 15) is 28.4 Å². The zero-order valence-electron chi connectivity index (χ0n) is 22.8. The number of halogens is 2. The second kappa shape index (κ2) is 10.6. The van der Waals surface area contributed by atoms with Gasteiger partial charge in [0.2, 0.25) is 11.8 Å². The van der Waals surface area contributed by atoms with Crippen LogP contribution >= 0.6 is 0 Å². The van der Waals surface area contributed by atoms with E-state index in [1.165, 1.54) is 18.2 Å². The number of imide groups is 2. The first kappa shape index (κ1) is 27.9. The summed E-state index contributed by atoms with van der Waals surface area (Å²) in [6, 6.07) is 12.8. The van der Waals surface area contributed by atoms with Crippen LogP contribution in [0.15, 0.2) is 59.0 Å². The number of nitrogens with one attached hydrogen (secondary N) is 1. The lowest BCUT2D eigenvalue weighted by atomic mass is 10.0. The number of benzene rings is 3. The molecule has 2 aliphatic rings. The van der Waals surface area contributed by atoms with Gasteiger partial charge in [-0.05, 0) is 43.3 Å². The number of nitrogens with zero attached hydrogens (tertiary/aromatic N) is 2. The van der Waals surface area contributed by atoms with Crippen molar-refractivity contribution in [1.82, 2.24) is 15.1 Å². The normalized spacial score (nSPS) is 16.7. The first-order chi connectivity index (χ1) is 20.5. The van der Waals surface area contributed by atoms with Gasteiger partial charge in [0.25, 0.3) is 17.7 Å². The quantitative estimate of drug-likeness (QED) is 0.316. The number of hydrogen-bond acceptors (Lipinski definition) is 7. The highest BCUT2D eigenvalue weighted by Crippen LogP contribution is 2.33. The van der Waals surface area contributed by atoms with Crippen molar-refractivity contribution in [2.24, 2.45) is 5.73 Å². The third-order valence-electron chi connectivity index (χ3n) is 7.60. The molecule has 0 bridgehead atoms. The number of carbonyl (C=O) groups is 5. The van der Waals surface area contributed by atoms with Gasteiger partial charge in [0.15, 0.2) is 0 Å². The fraction of sp³-hybridized carbons (Fsp3) is 0.194. The van der Waals surface area contributed by atoms with Gasteiger partial charge in [-0.1, -0.05) is 30.3 Å². The maximum absolute atomic E-state index is 15.6. The Bertz CT molecular complexity index is 1870. The molecule has 6 rings (SSSR count). The number of primary amides is 1. The first-order valence-corrected chi connectivity index (χ1v) is 13.4. The average molecular weight is 587 g/mol. The predicted molar refractivity (Wildman–Crippen MR) is 148 cm³/mol. The summed E-state index contributed by atoms with van der Waals surface area (Å²) < 4.78 is 35.3. The van der Waals surface area contributed by atoms with E-state index in [2.05, 4.69) is 5.32 Å². The summed E-state index contributed by atoms with van der Waals surface area (Å²) >= 11 is 0. The summed E-state index contributed by atoms with van der Waals surface area (Å²) in [6.45, 7) is 0.523. The minimum Gasteiger partial charge on any atom is -0.455 e. The Kier molecular flexibility index (Phi) is 6.85. The summed E-state index contributed by atoms with van der Waals surface area (Å²) in [6.07, 6.45) is -0.0484. The Balaban J connectivity index is 1.16. The summed E-state index contributed by atoms with van der Waals surface area (Å²) in [7, 11) is 1.77. The van der Waals surface area contributed by atoms with Crippen LogP contribution in [-0.2, 0) is 22.7 Å². The number of nitrogens with two attached hydrogens (primary N) is 1. The monoisotopic (exact) mass is 586 g/mol. The SMILES string of the molecule is CN(Cc1ccc(-c2cc3cc(F)cc(C(N)=O)c3o2)cc1)Cc1ccc2c(c1F)C(=O)N(C1CCC(=O)NC1=O)C2=O. The largest absolute Gasteiger partial charge is 0.455 e. The highest BCUT2D eigenvalue weighted by Gasteiger charge is 2.46. The van der Waals surface area contributed by atoms with Gasteiger partial charge < -0.3 is 10.2 Å². The lowest BCUT2D eigenvalue weighted by Crippen LogP contribution is -2.54. The molecular formula is C31H24F2N4O6. The van der Waals surface area contributed by atoms with Crippen LogP contribution in [0.4, 0.5) is 8.78 Å². The Hall–Kier alpha value is -5.23. The Labute approximate surface area is 243 Å². The van der Waals surface area contributed by atoms with Gasteiger partial charge in [-0.15, -0.1) is 0 Å². The van der Waals surface area contributed by atoms with E-state index < -0.39 is 47.2 Å². The number of fused-ring (bicyclic) bond motifs is 2. The molecule has 12 heteroatoms. The van der Waals surface area contributed by atoms with Crippen LogP contribution in [-0.4, -0.2) is 52.4 Å². The molecule has 1 aromatic heterocycles. The zero-order chi connectivity index (χ0) is 30.6. The molecule has 43 heavy (non-hydrogen) atoms. The average Bonchev–Trinajstić information content (AvgIpc) is 3.49. The molecule has 3 aromatic carbocycles. The van der Waals surface area contributed by atoms with Crippen molar-refractivity contribution in [1.29, 1.82) is 0 Å². The van der Waals surface area contributed by atoms with E-state index in [-0.39, 0.29) is 47.2 Å². The topological polar surface area (TPSA) is 143 Å². The van der Waals surface area contributed by atoms with E-state index in [0.29, 0.717) is 23.3 Å². The highest BCUT2D eigenvalue weighted by molar-refractivity contribution is 6.23. The third-order valence-corrected chi connectivity index (χ3v) is 7.60. The van der Waals surface area contributed by atoms with Crippen LogP contribution in [0.25, 0.3) is 22.3 Å². The van der Waals surface area contributed by atoms with Crippen LogP contribution < -0.4 is 11.1 Å². The summed E-state index contributed by atoms with van der Waals surface area (Å²) in [4.78, 5) is 64.1. The van der Waals surface area contributed by atoms with Crippen molar-refractivity contribution in [3.63, 3.8) is 0 Å². The van der Waals surface area contributed by atoms with Crippen molar-refractivity contribution < 1.29 is 37.2 Å². The Morgan fingerprint density at radius 2 is 1.77 bits per heavy atom. The maximum Gasteiger partial charge on any atom is 0.265 e. The molecule has 1 atom stereocenters. The number of piperidine rings is 1. The van der Waals surface area contributed by atoms with E-state index in [1.54, 1.807) is 25.2 Å². The fourth-order valence-electron chi connectivity index (χ4n) is 5.56. The van der Waals surface area contributed by atoms with E-state index in [0.717, 1.165) is 16.5 Å². The van der Waals surface area contributed by atoms with Crippen molar-refractivity contribution in [3.8, 4) is 11.3 Å². The maximum atomic E-state index is 15.6. The summed E-state index contributed by atoms with van der Waals surface area (Å²) in [5.74, 6) is -4.73. The molecule has 1 unspecified atom stereocenters. The lowest BCUT2D eigenvalue weighted by Gasteiger charge is -2.27. The smallest absolute Gasteiger partial charge is 0.265 e. The molecule has 0 aliphatic carbocycles. The summed E-state index contributed by atoms with van der Waals surface area (Å²) in [5, 5.41) is 2.52. The van der Waals surface area contributed by atoms with Gasteiger partial charge in [-0.3, -0.25) is 39.1 Å². The zero-order valence-corrected chi connectivity index (χ0v) is 22.8. The molecule has 218 valence electrons. The van der Waals surface area contributed by atoms with Crippen molar-refractivity contribution in [3.05, 3.63) is 94.0 Å². The van der Waals surface area contributed by atoms with Gasteiger partial charge in [0, 0.05) is 36.0 Å². The number of amides is 5. The number of rotatable bonds is 7. The highest BCUT2D eigenvalue weighted by atomic mass is 19.1. The standard InChI is InChI=1S/C31H24F2N4O6/c1-36(13-15-2-4-16(5-3-15)23-11-18-10-19(32)12-21(28(34)39)27(18)43-23)14-17-6-7-20-25(26(17)33)31(42)37(30(20)41)22-8-9-24(38)35-29(22)40/h2-7,10-12,22H,8-9,13-14H2,1H3,(H2,34,39)(H,35,38,40). The van der Waals surface area contributed by atoms with Crippen LogP contribution in [0.5, 0.6) is 0 Å². The molecule has 10 nitrogen and oxygen atoms in total. The van der Waals surface area contributed by atoms with Gasteiger partial charge in [-0.25, -0.2) is 8.78 Å². The molecule has 0 saturated carbocycles. The van der Waals surface area contributed by atoms with Crippen LogP contribution in [0.1, 0.15) is 55.0 Å². The molecule has 3 heterocycles.